The van der Waals surface area contributed by atoms with Crippen LogP contribution in [0.4, 0.5) is 4.79 Å². The van der Waals surface area contributed by atoms with Gasteiger partial charge >= 0.3 is 6.09 Å². The average Bonchev–Trinajstić information content (AvgIpc) is 2.96. The SMILES string of the molecule is O=C(O)NC1CCN(C2CCC(O)(c3ccccn3)CC2)C1. The molecular weight excluding hydrogens is 282 g/mol. The van der Waals surface area contributed by atoms with Gasteiger partial charge in [0.15, 0.2) is 0 Å². The summed E-state index contributed by atoms with van der Waals surface area (Å²) in [6, 6.07) is 6.13. The monoisotopic (exact) mass is 305 g/mol. The fourth-order valence-electron chi connectivity index (χ4n) is 3.75. The van der Waals surface area contributed by atoms with Crippen molar-refractivity contribution in [1.82, 2.24) is 15.2 Å². The molecule has 120 valence electrons. The molecule has 2 heterocycles. The molecule has 6 heteroatoms. The highest BCUT2D eigenvalue weighted by Gasteiger charge is 2.39. The van der Waals surface area contributed by atoms with Crippen molar-refractivity contribution in [2.75, 3.05) is 13.1 Å². The van der Waals surface area contributed by atoms with Gasteiger partial charge in [0, 0.05) is 31.4 Å². The highest BCUT2D eigenvalue weighted by atomic mass is 16.4. The van der Waals surface area contributed by atoms with Gasteiger partial charge in [-0.2, -0.15) is 0 Å². The van der Waals surface area contributed by atoms with Crippen LogP contribution in [0.2, 0.25) is 0 Å². The summed E-state index contributed by atoms with van der Waals surface area (Å²) >= 11 is 0. The van der Waals surface area contributed by atoms with Gasteiger partial charge in [-0.3, -0.25) is 9.88 Å². The van der Waals surface area contributed by atoms with Crippen LogP contribution in [0.25, 0.3) is 0 Å². The Morgan fingerprint density at radius 2 is 2.09 bits per heavy atom. The van der Waals surface area contributed by atoms with Crippen molar-refractivity contribution >= 4 is 6.09 Å². The molecule has 0 bridgehead atoms. The lowest BCUT2D eigenvalue weighted by atomic mass is 9.79. The Bertz CT molecular complexity index is 515. The number of carbonyl (C=O) groups is 1. The van der Waals surface area contributed by atoms with Gasteiger partial charge in [-0.25, -0.2) is 4.79 Å². The highest BCUT2D eigenvalue weighted by molar-refractivity contribution is 5.64. The summed E-state index contributed by atoms with van der Waals surface area (Å²) in [5.41, 5.74) is -0.0452. The Morgan fingerprint density at radius 3 is 2.73 bits per heavy atom. The van der Waals surface area contributed by atoms with Gasteiger partial charge in [-0.05, 0) is 44.2 Å². The molecule has 0 aromatic carbocycles. The second-order valence-electron chi connectivity index (χ2n) is 6.41. The first-order valence-electron chi connectivity index (χ1n) is 7.94. The minimum Gasteiger partial charge on any atom is -0.465 e. The van der Waals surface area contributed by atoms with Crippen LogP contribution in [-0.4, -0.2) is 51.4 Å². The number of likely N-dealkylation sites (tertiary alicyclic amines) is 1. The molecule has 1 aliphatic carbocycles. The Balaban J connectivity index is 1.55. The average molecular weight is 305 g/mol. The standard InChI is InChI=1S/C16H23N3O3/c20-15(21)18-12-6-10-19(11-12)13-4-7-16(22,8-5-13)14-3-1-2-9-17-14/h1-3,9,12-13,18,22H,4-8,10-11H2,(H,20,21). The normalized spacial score (nSPS) is 32.8. The molecule has 6 nitrogen and oxygen atoms in total. The Hall–Kier alpha value is -1.66. The van der Waals surface area contributed by atoms with E-state index in [1.54, 1.807) is 6.20 Å². The molecule has 3 N–H and O–H groups in total. The predicted molar refractivity (Wildman–Crippen MR) is 81.5 cm³/mol. The van der Waals surface area contributed by atoms with Crippen LogP contribution >= 0.6 is 0 Å². The maximum Gasteiger partial charge on any atom is 0.404 e. The van der Waals surface area contributed by atoms with Crippen molar-refractivity contribution in [1.29, 1.82) is 0 Å². The van der Waals surface area contributed by atoms with Crippen LogP contribution in [0.5, 0.6) is 0 Å². The fourth-order valence-corrected chi connectivity index (χ4v) is 3.75. The smallest absolute Gasteiger partial charge is 0.404 e. The third-order valence-corrected chi connectivity index (χ3v) is 4.99. The van der Waals surface area contributed by atoms with E-state index >= 15 is 0 Å². The van der Waals surface area contributed by atoms with E-state index in [9.17, 15) is 9.90 Å². The van der Waals surface area contributed by atoms with Crippen LogP contribution in [0.1, 0.15) is 37.8 Å². The summed E-state index contributed by atoms with van der Waals surface area (Å²) < 4.78 is 0. The molecule has 1 aliphatic heterocycles. The van der Waals surface area contributed by atoms with E-state index in [1.807, 2.05) is 18.2 Å². The Kier molecular flexibility index (Phi) is 4.31. The zero-order chi connectivity index (χ0) is 15.6. The van der Waals surface area contributed by atoms with Gasteiger partial charge < -0.3 is 15.5 Å². The van der Waals surface area contributed by atoms with Crippen molar-refractivity contribution in [3.8, 4) is 0 Å². The zero-order valence-electron chi connectivity index (χ0n) is 12.6. The van der Waals surface area contributed by atoms with Crippen molar-refractivity contribution in [3.05, 3.63) is 30.1 Å². The Morgan fingerprint density at radius 1 is 1.32 bits per heavy atom. The highest BCUT2D eigenvalue weighted by Crippen LogP contribution is 2.38. The maximum atomic E-state index is 10.8. The first-order chi connectivity index (χ1) is 10.6. The molecule has 0 spiro atoms. The summed E-state index contributed by atoms with van der Waals surface area (Å²) in [6.45, 7) is 1.70. The second-order valence-corrected chi connectivity index (χ2v) is 6.41. The van der Waals surface area contributed by atoms with Crippen LogP contribution in [0.15, 0.2) is 24.4 Å². The molecule has 1 aromatic heterocycles. The molecular formula is C16H23N3O3. The number of nitrogens with zero attached hydrogens (tertiary/aromatic N) is 2. The number of aliphatic hydroxyl groups is 1. The van der Waals surface area contributed by atoms with Gasteiger partial charge in [0.05, 0.1) is 5.69 Å². The van der Waals surface area contributed by atoms with E-state index in [0.717, 1.165) is 38.0 Å². The molecule has 2 aliphatic rings. The molecule has 1 amide bonds. The molecule has 1 atom stereocenters. The van der Waals surface area contributed by atoms with E-state index in [2.05, 4.69) is 15.2 Å². The number of carboxylic acid groups (broad SMARTS) is 1. The van der Waals surface area contributed by atoms with Gasteiger partial charge in [0.1, 0.15) is 5.60 Å². The number of hydrogen-bond acceptors (Lipinski definition) is 4. The number of amides is 1. The van der Waals surface area contributed by atoms with Crippen molar-refractivity contribution in [2.24, 2.45) is 0 Å². The quantitative estimate of drug-likeness (QED) is 0.789. The lowest BCUT2D eigenvalue weighted by Gasteiger charge is -2.39. The summed E-state index contributed by atoms with van der Waals surface area (Å²) in [5.74, 6) is 0. The molecule has 1 saturated carbocycles. The Labute approximate surface area is 130 Å². The number of aromatic nitrogens is 1. The molecule has 1 unspecified atom stereocenters. The van der Waals surface area contributed by atoms with E-state index < -0.39 is 11.7 Å². The summed E-state index contributed by atoms with van der Waals surface area (Å²) in [4.78, 5) is 17.4. The van der Waals surface area contributed by atoms with Crippen LogP contribution < -0.4 is 5.32 Å². The van der Waals surface area contributed by atoms with E-state index in [4.69, 9.17) is 5.11 Å². The number of nitrogens with one attached hydrogen (secondary N) is 1. The minimum absolute atomic E-state index is 0.0362. The summed E-state index contributed by atoms with van der Waals surface area (Å²) in [5, 5.41) is 22.2. The number of pyridine rings is 1. The third-order valence-electron chi connectivity index (χ3n) is 4.99. The van der Waals surface area contributed by atoms with E-state index in [-0.39, 0.29) is 6.04 Å². The molecule has 3 rings (SSSR count). The van der Waals surface area contributed by atoms with E-state index in [0.29, 0.717) is 18.9 Å². The fraction of sp³-hybridized carbons (Fsp3) is 0.625. The molecule has 0 radical (unpaired) electrons. The number of hydrogen-bond donors (Lipinski definition) is 3. The molecule has 1 aromatic rings. The maximum absolute atomic E-state index is 10.8. The lowest BCUT2D eigenvalue weighted by Crippen LogP contribution is -2.43. The van der Waals surface area contributed by atoms with Crippen molar-refractivity contribution < 1.29 is 15.0 Å². The largest absolute Gasteiger partial charge is 0.465 e. The molecule has 2 fully saturated rings. The van der Waals surface area contributed by atoms with Crippen LogP contribution in [0, 0.1) is 0 Å². The predicted octanol–water partition coefficient (Wildman–Crippen LogP) is 1.55. The summed E-state index contributed by atoms with van der Waals surface area (Å²) in [7, 11) is 0. The first kappa shape index (κ1) is 15.2. The molecule has 22 heavy (non-hydrogen) atoms. The van der Waals surface area contributed by atoms with Gasteiger partial charge in [0.2, 0.25) is 0 Å². The van der Waals surface area contributed by atoms with Gasteiger partial charge in [0.25, 0.3) is 0 Å². The number of rotatable bonds is 3. The lowest BCUT2D eigenvalue weighted by molar-refractivity contribution is -0.0257. The topological polar surface area (TPSA) is 85.7 Å². The molecule has 1 saturated heterocycles. The van der Waals surface area contributed by atoms with E-state index in [1.165, 1.54) is 0 Å². The third kappa shape index (κ3) is 3.23. The van der Waals surface area contributed by atoms with Crippen LogP contribution in [-0.2, 0) is 5.60 Å². The minimum atomic E-state index is -0.944. The van der Waals surface area contributed by atoms with Gasteiger partial charge in [-0.1, -0.05) is 6.07 Å². The van der Waals surface area contributed by atoms with Crippen LogP contribution in [0.3, 0.4) is 0 Å². The second kappa shape index (κ2) is 6.22. The first-order valence-corrected chi connectivity index (χ1v) is 7.94. The van der Waals surface area contributed by atoms with Crippen molar-refractivity contribution in [3.63, 3.8) is 0 Å². The zero-order valence-corrected chi connectivity index (χ0v) is 12.6. The summed E-state index contributed by atoms with van der Waals surface area (Å²) in [6.07, 6.45) is 4.92. The van der Waals surface area contributed by atoms with Gasteiger partial charge in [-0.15, -0.1) is 0 Å². The van der Waals surface area contributed by atoms with Crippen molar-refractivity contribution in [2.45, 2.75) is 49.8 Å².